The van der Waals surface area contributed by atoms with Crippen LogP contribution in [0.1, 0.15) is 22.8 Å². The smallest absolute Gasteiger partial charge is 0.251 e. The zero-order valence-corrected chi connectivity index (χ0v) is 13.5. The summed E-state index contributed by atoms with van der Waals surface area (Å²) in [4.78, 5) is 16.8. The fourth-order valence-corrected chi connectivity index (χ4v) is 1.93. The summed E-state index contributed by atoms with van der Waals surface area (Å²) in [6, 6.07) is 12.5. The van der Waals surface area contributed by atoms with Gasteiger partial charge in [0.15, 0.2) is 0 Å². The van der Waals surface area contributed by atoms with Gasteiger partial charge in [-0.05, 0) is 48.9 Å². The molecule has 2 aromatic carbocycles. The van der Waals surface area contributed by atoms with Crippen molar-refractivity contribution in [3.63, 3.8) is 0 Å². The normalized spacial score (nSPS) is 12.0. The molecule has 0 heterocycles. The van der Waals surface area contributed by atoms with Crippen LogP contribution in [0.15, 0.2) is 53.7 Å². The lowest BCUT2D eigenvalue weighted by Crippen LogP contribution is -2.36. The van der Waals surface area contributed by atoms with Crippen LogP contribution in [0.5, 0.6) is 5.75 Å². The van der Waals surface area contributed by atoms with Crippen LogP contribution in [0.3, 0.4) is 0 Å². The second-order valence-corrected chi connectivity index (χ2v) is 5.18. The summed E-state index contributed by atoms with van der Waals surface area (Å²) in [5.41, 5.74) is 1.37. The predicted octanol–water partition coefficient (Wildman–Crippen LogP) is 3.00. The maximum absolute atomic E-state index is 12.8. The number of oxime groups is 1. The van der Waals surface area contributed by atoms with Crippen molar-refractivity contribution in [2.75, 3.05) is 13.7 Å². The number of rotatable bonds is 7. The molecular formula is C18H19FN2O3. The first-order valence-electron chi connectivity index (χ1n) is 7.44. The van der Waals surface area contributed by atoms with Gasteiger partial charge in [0.2, 0.25) is 0 Å². The molecule has 0 aliphatic carbocycles. The Morgan fingerprint density at radius 2 is 1.88 bits per heavy atom. The third kappa shape index (κ3) is 5.39. The molecule has 2 rings (SSSR count). The summed E-state index contributed by atoms with van der Waals surface area (Å²) in [5, 5.41) is 6.50. The maximum atomic E-state index is 12.8. The van der Waals surface area contributed by atoms with Crippen molar-refractivity contribution >= 4 is 12.1 Å². The Morgan fingerprint density at radius 1 is 1.21 bits per heavy atom. The highest BCUT2D eigenvalue weighted by Crippen LogP contribution is 2.11. The highest BCUT2D eigenvalue weighted by molar-refractivity contribution is 5.95. The molecule has 2 aromatic rings. The quantitative estimate of drug-likeness (QED) is 0.627. The number of amides is 1. The molecule has 1 unspecified atom stereocenters. The summed E-state index contributed by atoms with van der Waals surface area (Å²) >= 11 is 0. The van der Waals surface area contributed by atoms with Gasteiger partial charge in [0.25, 0.3) is 5.91 Å². The lowest BCUT2D eigenvalue weighted by molar-refractivity contribution is 0.0926. The molecule has 6 heteroatoms. The van der Waals surface area contributed by atoms with E-state index in [2.05, 4.69) is 15.3 Å². The molecule has 0 aliphatic heterocycles. The largest absolute Gasteiger partial charge is 0.491 e. The minimum atomic E-state index is -0.317. The number of carbonyl (C=O) groups excluding carboxylic acids is 1. The van der Waals surface area contributed by atoms with Crippen LogP contribution >= 0.6 is 0 Å². The van der Waals surface area contributed by atoms with Gasteiger partial charge in [0, 0.05) is 5.56 Å². The van der Waals surface area contributed by atoms with Gasteiger partial charge in [-0.2, -0.15) is 0 Å². The third-order valence-electron chi connectivity index (χ3n) is 3.17. The van der Waals surface area contributed by atoms with E-state index in [0.29, 0.717) is 11.3 Å². The Bertz CT molecular complexity index is 684. The first-order valence-corrected chi connectivity index (χ1v) is 7.44. The second-order valence-electron chi connectivity index (χ2n) is 5.18. The summed E-state index contributed by atoms with van der Waals surface area (Å²) in [6.07, 6.45) is 1.56. The van der Waals surface area contributed by atoms with Crippen molar-refractivity contribution in [3.05, 3.63) is 65.5 Å². The molecule has 0 aromatic heterocycles. The fraction of sp³-hybridized carbons (Fsp3) is 0.222. The Hall–Kier alpha value is -2.89. The van der Waals surface area contributed by atoms with Crippen molar-refractivity contribution in [3.8, 4) is 5.75 Å². The monoisotopic (exact) mass is 330 g/mol. The summed E-state index contributed by atoms with van der Waals surface area (Å²) in [6.45, 7) is 2.12. The Balaban J connectivity index is 1.84. The molecule has 0 bridgehead atoms. The standard InChI is InChI=1S/C18H19FN2O3/c1-13(12-24-17-9-7-16(19)8-10-17)21-18(22)15-5-3-14(4-6-15)11-20-23-2/h3-11,13H,12H2,1-2H3,(H,21,22)/b20-11+. The SMILES string of the molecule is CO/N=C/c1ccc(C(=O)NC(C)COc2ccc(F)cc2)cc1. The Morgan fingerprint density at radius 3 is 2.50 bits per heavy atom. The van der Waals surface area contributed by atoms with Gasteiger partial charge in [0.1, 0.15) is 25.3 Å². The van der Waals surface area contributed by atoms with Crippen LogP contribution in [-0.4, -0.2) is 31.9 Å². The van der Waals surface area contributed by atoms with Gasteiger partial charge in [0.05, 0.1) is 12.3 Å². The van der Waals surface area contributed by atoms with Crippen LogP contribution in [0.25, 0.3) is 0 Å². The Labute approximate surface area is 140 Å². The minimum absolute atomic E-state index is 0.194. The van der Waals surface area contributed by atoms with Crippen molar-refractivity contribution in [2.45, 2.75) is 13.0 Å². The summed E-state index contributed by atoms with van der Waals surface area (Å²) < 4.78 is 18.3. The highest BCUT2D eigenvalue weighted by atomic mass is 19.1. The van der Waals surface area contributed by atoms with Gasteiger partial charge in [-0.25, -0.2) is 4.39 Å². The van der Waals surface area contributed by atoms with Gasteiger partial charge in [-0.15, -0.1) is 0 Å². The minimum Gasteiger partial charge on any atom is -0.491 e. The van der Waals surface area contributed by atoms with Gasteiger partial charge >= 0.3 is 0 Å². The number of halogens is 1. The van der Waals surface area contributed by atoms with E-state index in [1.54, 1.807) is 42.6 Å². The molecule has 1 amide bonds. The van der Waals surface area contributed by atoms with Crippen LogP contribution < -0.4 is 10.1 Å². The number of benzene rings is 2. The van der Waals surface area contributed by atoms with Gasteiger partial charge in [-0.3, -0.25) is 4.79 Å². The van der Waals surface area contributed by atoms with E-state index >= 15 is 0 Å². The summed E-state index contributed by atoms with van der Waals surface area (Å²) in [7, 11) is 1.47. The molecule has 5 nitrogen and oxygen atoms in total. The van der Waals surface area contributed by atoms with Gasteiger partial charge in [-0.1, -0.05) is 17.3 Å². The predicted molar refractivity (Wildman–Crippen MR) is 89.9 cm³/mol. The van der Waals surface area contributed by atoms with Crippen molar-refractivity contribution in [1.29, 1.82) is 0 Å². The first kappa shape index (κ1) is 17.5. The van der Waals surface area contributed by atoms with E-state index in [9.17, 15) is 9.18 Å². The van der Waals surface area contributed by atoms with E-state index in [1.807, 2.05) is 6.92 Å². The number of hydrogen-bond donors (Lipinski definition) is 1. The van der Waals surface area contributed by atoms with E-state index in [1.165, 1.54) is 19.2 Å². The number of nitrogens with zero attached hydrogens (tertiary/aromatic N) is 1. The number of nitrogens with one attached hydrogen (secondary N) is 1. The molecule has 1 N–H and O–H groups in total. The van der Waals surface area contributed by atoms with Crippen LogP contribution in [-0.2, 0) is 4.84 Å². The molecule has 0 fully saturated rings. The lowest BCUT2D eigenvalue weighted by Gasteiger charge is -2.15. The highest BCUT2D eigenvalue weighted by Gasteiger charge is 2.10. The van der Waals surface area contributed by atoms with Crippen LogP contribution in [0, 0.1) is 5.82 Å². The molecule has 0 aliphatic rings. The topological polar surface area (TPSA) is 59.9 Å². The molecule has 0 radical (unpaired) electrons. The second kappa shape index (κ2) is 8.67. The van der Waals surface area contributed by atoms with Crippen LogP contribution in [0.4, 0.5) is 4.39 Å². The zero-order valence-electron chi connectivity index (χ0n) is 13.5. The van der Waals surface area contributed by atoms with Crippen molar-refractivity contribution in [1.82, 2.24) is 5.32 Å². The number of ether oxygens (including phenoxy) is 1. The van der Waals surface area contributed by atoms with E-state index < -0.39 is 0 Å². The average molecular weight is 330 g/mol. The summed E-state index contributed by atoms with van der Waals surface area (Å²) in [5.74, 6) is 0.0439. The van der Waals surface area contributed by atoms with Gasteiger partial charge < -0.3 is 14.9 Å². The average Bonchev–Trinajstić information content (AvgIpc) is 2.60. The molecule has 0 spiro atoms. The molecule has 0 saturated carbocycles. The van der Waals surface area contributed by atoms with E-state index in [0.717, 1.165) is 5.56 Å². The van der Waals surface area contributed by atoms with Crippen LogP contribution in [0.2, 0.25) is 0 Å². The number of carbonyl (C=O) groups is 1. The van der Waals surface area contributed by atoms with Crippen molar-refractivity contribution < 1.29 is 18.8 Å². The molecular weight excluding hydrogens is 311 g/mol. The maximum Gasteiger partial charge on any atom is 0.251 e. The Kier molecular flexibility index (Phi) is 6.31. The molecule has 24 heavy (non-hydrogen) atoms. The molecule has 1 atom stereocenters. The molecule has 126 valence electrons. The molecule has 0 saturated heterocycles. The van der Waals surface area contributed by atoms with Crippen molar-refractivity contribution in [2.24, 2.45) is 5.16 Å². The third-order valence-corrected chi connectivity index (χ3v) is 3.17. The number of hydrogen-bond acceptors (Lipinski definition) is 4. The van der Waals surface area contributed by atoms with E-state index in [-0.39, 0.29) is 24.4 Å². The lowest BCUT2D eigenvalue weighted by atomic mass is 10.1. The fourth-order valence-electron chi connectivity index (χ4n) is 1.93. The zero-order chi connectivity index (χ0) is 17.4. The van der Waals surface area contributed by atoms with E-state index in [4.69, 9.17) is 4.74 Å². The first-order chi connectivity index (χ1) is 11.6.